The average molecular weight is 290 g/mol. The van der Waals surface area contributed by atoms with Crippen LogP contribution in [0.4, 0.5) is 0 Å². The topological polar surface area (TPSA) is 94.2 Å². The van der Waals surface area contributed by atoms with Crippen molar-refractivity contribution in [2.24, 2.45) is 11.7 Å². The van der Waals surface area contributed by atoms with E-state index in [0.29, 0.717) is 32.4 Å². The largest absolute Gasteiger partial charge is 0.388 e. The van der Waals surface area contributed by atoms with Crippen LogP contribution < -0.4 is 5.73 Å². The molecule has 1 fully saturated rings. The summed E-state index contributed by atoms with van der Waals surface area (Å²) >= 11 is 0. The first-order valence-electron chi connectivity index (χ1n) is 7.25. The normalized spacial score (nSPS) is 34.5. The quantitative estimate of drug-likeness (QED) is 0.464. The third kappa shape index (κ3) is 5.95. The summed E-state index contributed by atoms with van der Waals surface area (Å²) in [7, 11) is 0. The number of aliphatic hydroxyl groups is 2. The van der Waals surface area contributed by atoms with Crippen LogP contribution in [0.1, 0.15) is 33.1 Å². The Kier molecular flexibility index (Phi) is 7.79. The first-order valence-corrected chi connectivity index (χ1v) is 7.25. The van der Waals surface area contributed by atoms with Crippen LogP contribution in [0.5, 0.6) is 0 Å². The van der Waals surface area contributed by atoms with Crippen molar-refractivity contribution < 1.29 is 24.4 Å². The average Bonchev–Trinajstić information content (AvgIpc) is 2.50. The second-order valence-corrected chi connectivity index (χ2v) is 5.38. The lowest BCUT2D eigenvalue weighted by Crippen LogP contribution is -2.31. The SMILES string of the molecule is [CH2+]C1C(O)CCC(OC(C)CC(O)OCCN)OC1C. The van der Waals surface area contributed by atoms with Crippen LogP contribution in [-0.2, 0) is 14.2 Å². The van der Waals surface area contributed by atoms with Gasteiger partial charge in [-0.15, -0.1) is 0 Å². The molecule has 1 rings (SSSR count). The van der Waals surface area contributed by atoms with Gasteiger partial charge in [0, 0.05) is 19.4 Å². The maximum atomic E-state index is 9.85. The van der Waals surface area contributed by atoms with Gasteiger partial charge in [0.1, 0.15) is 12.0 Å². The van der Waals surface area contributed by atoms with Crippen LogP contribution >= 0.6 is 0 Å². The van der Waals surface area contributed by atoms with E-state index >= 15 is 0 Å². The Morgan fingerprint density at radius 3 is 2.80 bits per heavy atom. The van der Waals surface area contributed by atoms with E-state index in [4.69, 9.17) is 19.9 Å². The van der Waals surface area contributed by atoms with Gasteiger partial charge in [0.25, 0.3) is 0 Å². The Bertz CT molecular complexity index is 266. The molecule has 0 aromatic heterocycles. The number of ether oxygens (including phenoxy) is 3. The van der Waals surface area contributed by atoms with Crippen molar-refractivity contribution in [1.82, 2.24) is 0 Å². The smallest absolute Gasteiger partial charge is 0.158 e. The molecule has 1 saturated heterocycles. The molecule has 0 spiro atoms. The van der Waals surface area contributed by atoms with Gasteiger partial charge in [-0.3, -0.25) is 0 Å². The zero-order valence-corrected chi connectivity index (χ0v) is 12.4. The molecule has 6 heteroatoms. The van der Waals surface area contributed by atoms with E-state index in [2.05, 4.69) is 6.92 Å². The van der Waals surface area contributed by atoms with Crippen molar-refractivity contribution in [3.8, 4) is 0 Å². The predicted molar refractivity (Wildman–Crippen MR) is 74.6 cm³/mol. The van der Waals surface area contributed by atoms with Crippen LogP contribution in [0.15, 0.2) is 0 Å². The molecule has 118 valence electrons. The summed E-state index contributed by atoms with van der Waals surface area (Å²) in [5.74, 6) is -0.155. The molecule has 6 atom stereocenters. The van der Waals surface area contributed by atoms with Gasteiger partial charge >= 0.3 is 0 Å². The summed E-state index contributed by atoms with van der Waals surface area (Å²) in [5, 5.41) is 19.5. The predicted octanol–water partition coefficient (Wildman–Crippen LogP) is 0.411. The van der Waals surface area contributed by atoms with Crippen LogP contribution in [0.2, 0.25) is 0 Å². The van der Waals surface area contributed by atoms with Gasteiger partial charge in [-0.1, -0.05) is 0 Å². The van der Waals surface area contributed by atoms with Crippen molar-refractivity contribution in [3.05, 3.63) is 6.92 Å². The summed E-state index contributed by atoms with van der Waals surface area (Å²) in [5.41, 5.74) is 5.30. The van der Waals surface area contributed by atoms with Crippen LogP contribution in [-0.4, -0.2) is 54.3 Å². The van der Waals surface area contributed by atoms with Gasteiger partial charge < -0.3 is 30.2 Å². The fourth-order valence-corrected chi connectivity index (χ4v) is 2.21. The van der Waals surface area contributed by atoms with E-state index in [9.17, 15) is 10.2 Å². The first kappa shape index (κ1) is 17.7. The Hall–Kier alpha value is -0.370. The van der Waals surface area contributed by atoms with Gasteiger partial charge in [0.05, 0.1) is 25.7 Å². The third-order valence-electron chi connectivity index (χ3n) is 3.51. The molecule has 1 aliphatic rings. The first-order chi connectivity index (χ1) is 9.43. The molecule has 0 radical (unpaired) electrons. The molecule has 1 aliphatic heterocycles. The van der Waals surface area contributed by atoms with Gasteiger partial charge in [-0.2, -0.15) is 0 Å². The van der Waals surface area contributed by atoms with Gasteiger partial charge in [0.2, 0.25) is 0 Å². The van der Waals surface area contributed by atoms with E-state index in [-0.39, 0.29) is 24.4 Å². The number of nitrogens with two attached hydrogens (primary N) is 1. The summed E-state index contributed by atoms with van der Waals surface area (Å²) in [6.07, 6.45) is -0.547. The zero-order chi connectivity index (χ0) is 15.1. The van der Waals surface area contributed by atoms with Crippen molar-refractivity contribution in [2.75, 3.05) is 13.2 Å². The molecule has 0 saturated carbocycles. The van der Waals surface area contributed by atoms with Gasteiger partial charge in [-0.05, 0) is 20.3 Å². The van der Waals surface area contributed by atoms with Gasteiger partial charge in [0.15, 0.2) is 12.6 Å². The van der Waals surface area contributed by atoms with E-state index in [1.165, 1.54) is 0 Å². The van der Waals surface area contributed by atoms with Crippen molar-refractivity contribution in [1.29, 1.82) is 0 Å². The minimum Gasteiger partial charge on any atom is -0.388 e. The summed E-state index contributed by atoms with van der Waals surface area (Å²) in [4.78, 5) is 0. The van der Waals surface area contributed by atoms with E-state index in [0.717, 1.165) is 0 Å². The summed E-state index contributed by atoms with van der Waals surface area (Å²) < 4.78 is 16.6. The van der Waals surface area contributed by atoms with Crippen molar-refractivity contribution >= 4 is 0 Å². The maximum Gasteiger partial charge on any atom is 0.158 e. The number of aliphatic hydroxyl groups excluding tert-OH is 2. The molecule has 20 heavy (non-hydrogen) atoms. The summed E-state index contributed by atoms with van der Waals surface area (Å²) in [6.45, 7) is 8.34. The van der Waals surface area contributed by atoms with E-state index < -0.39 is 12.4 Å². The molecule has 0 aromatic rings. The molecular formula is C14H28NO5+. The minimum atomic E-state index is -0.886. The Morgan fingerprint density at radius 1 is 1.45 bits per heavy atom. The molecule has 4 N–H and O–H groups in total. The highest BCUT2D eigenvalue weighted by atomic mass is 16.7. The third-order valence-corrected chi connectivity index (χ3v) is 3.51. The van der Waals surface area contributed by atoms with Crippen molar-refractivity contribution in [2.45, 2.75) is 64.0 Å². The number of hydrogen-bond donors (Lipinski definition) is 3. The fourth-order valence-electron chi connectivity index (χ4n) is 2.21. The number of hydrogen-bond acceptors (Lipinski definition) is 6. The van der Waals surface area contributed by atoms with E-state index in [1.807, 2.05) is 13.8 Å². The van der Waals surface area contributed by atoms with Gasteiger partial charge in [-0.25, -0.2) is 0 Å². The number of rotatable bonds is 7. The monoisotopic (exact) mass is 290 g/mol. The van der Waals surface area contributed by atoms with Crippen molar-refractivity contribution in [3.63, 3.8) is 0 Å². The molecule has 0 bridgehead atoms. The molecule has 1 heterocycles. The maximum absolute atomic E-state index is 9.85. The Morgan fingerprint density at radius 2 is 2.15 bits per heavy atom. The lowest BCUT2D eigenvalue weighted by Gasteiger charge is -2.24. The molecule has 0 amide bonds. The second-order valence-electron chi connectivity index (χ2n) is 5.38. The molecule has 0 aromatic carbocycles. The zero-order valence-electron chi connectivity index (χ0n) is 12.4. The van der Waals surface area contributed by atoms with Crippen LogP contribution in [0.25, 0.3) is 0 Å². The van der Waals surface area contributed by atoms with E-state index in [1.54, 1.807) is 0 Å². The highest BCUT2D eigenvalue weighted by molar-refractivity contribution is 4.80. The lowest BCUT2D eigenvalue weighted by molar-refractivity contribution is -0.206. The standard InChI is InChI=1S/C14H28NO5/c1-9(8-13(17)18-7-6-15)19-14-5-4-12(16)10(2)11(3)20-14/h9-14,16-17H,2,4-8,15H2,1,3H3/q+1. The molecule has 6 nitrogen and oxygen atoms in total. The highest BCUT2D eigenvalue weighted by Gasteiger charge is 2.34. The lowest BCUT2D eigenvalue weighted by atomic mass is 9.97. The van der Waals surface area contributed by atoms with Crippen LogP contribution in [0.3, 0.4) is 0 Å². The Labute approximate surface area is 121 Å². The Balaban J connectivity index is 2.35. The minimum absolute atomic E-state index is 0.155. The highest BCUT2D eigenvalue weighted by Crippen LogP contribution is 2.25. The molecule has 0 aliphatic carbocycles. The molecule has 6 unspecified atom stereocenters. The second kappa shape index (κ2) is 8.81. The summed E-state index contributed by atoms with van der Waals surface area (Å²) in [6, 6.07) is 0. The van der Waals surface area contributed by atoms with Crippen LogP contribution in [0, 0.1) is 12.8 Å². The molecular weight excluding hydrogens is 262 g/mol. The fraction of sp³-hybridized carbons (Fsp3) is 0.929.